The molecule has 2 bridgehead atoms. The average Bonchev–Trinajstić information content (AvgIpc) is 2.90. The van der Waals surface area contributed by atoms with Crippen molar-refractivity contribution in [3.05, 3.63) is 71.5 Å². The second-order valence-corrected chi connectivity index (χ2v) is 7.92. The molecule has 4 heteroatoms. The summed E-state index contributed by atoms with van der Waals surface area (Å²) in [6.45, 7) is 0.702. The third kappa shape index (κ3) is 3.91. The molecule has 27 heavy (non-hydrogen) atoms. The highest BCUT2D eigenvalue weighted by atomic mass is 19.1. The molecule has 2 saturated heterocycles. The van der Waals surface area contributed by atoms with Crippen LogP contribution in [0.25, 0.3) is 0 Å². The number of carbonyl (C=O) groups is 1. The number of piperidine rings is 1. The SMILES string of the molecule is CN1[C@@H]2CC[C@@H]1CC(N(CCc1ccccc1)C(=O)c1ccc(F)cc1)C2. The zero-order chi connectivity index (χ0) is 18.8. The maximum absolute atomic E-state index is 13.3. The van der Waals surface area contributed by atoms with E-state index in [1.165, 1.54) is 30.5 Å². The van der Waals surface area contributed by atoms with Gasteiger partial charge < -0.3 is 9.80 Å². The van der Waals surface area contributed by atoms with Crippen molar-refractivity contribution >= 4 is 5.91 Å². The van der Waals surface area contributed by atoms with Crippen LogP contribution in [-0.2, 0) is 6.42 Å². The Balaban J connectivity index is 1.55. The summed E-state index contributed by atoms with van der Waals surface area (Å²) in [7, 11) is 2.22. The monoisotopic (exact) mass is 366 g/mol. The average molecular weight is 366 g/mol. The topological polar surface area (TPSA) is 23.6 Å². The minimum absolute atomic E-state index is 0.0277. The van der Waals surface area contributed by atoms with Crippen molar-refractivity contribution in [1.82, 2.24) is 9.80 Å². The number of hydrogen-bond donors (Lipinski definition) is 0. The summed E-state index contributed by atoms with van der Waals surface area (Å²) >= 11 is 0. The smallest absolute Gasteiger partial charge is 0.254 e. The standard InChI is InChI=1S/C23H27FN2O/c1-25-20-11-12-21(25)16-22(15-20)26(14-13-17-5-3-2-4-6-17)23(27)18-7-9-19(24)10-8-18/h2-10,20-22H,11-16H2,1H3/t20-,21-/m1/s1. The summed E-state index contributed by atoms with van der Waals surface area (Å²) in [5.74, 6) is -0.278. The molecule has 0 N–H and O–H groups in total. The van der Waals surface area contributed by atoms with Gasteiger partial charge in [0.05, 0.1) is 0 Å². The van der Waals surface area contributed by atoms with E-state index in [1.807, 2.05) is 18.2 Å². The lowest BCUT2D eigenvalue weighted by Gasteiger charge is -2.42. The molecule has 4 rings (SSSR count). The molecule has 0 aliphatic carbocycles. The molecule has 0 unspecified atom stereocenters. The van der Waals surface area contributed by atoms with Crippen molar-refractivity contribution in [1.29, 1.82) is 0 Å². The first-order valence-electron chi connectivity index (χ1n) is 9.94. The summed E-state index contributed by atoms with van der Waals surface area (Å²) < 4.78 is 13.3. The lowest BCUT2D eigenvalue weighted by atomic mass is 9.95. The van der Waals surface area contributed by atoms with E-state index in [0.717, 1.165) is 19.3 Å². The van der Waals surface area contributed by atoms with Crippen LogP contribution in [0.2, 0.25) is 0 Å². The highest BCUT2D eigenvalue weighted by Crippen LogP contribution is 2.36. The Morgan fingerprint density at radius 3 is 2.30 bits per heavy atom. The molecule has 0 spiro atoms. The normalized spacial score (nSPS) is 24.7. The van der Waals surface area contributed by atoms with Crippen molar-refractivity contribution in [2.45, 2.75) is 50.2 Å². The Bertz CT molecular complexity index is 763. The largest absolute Gasteiger partial charge is 0.335 e. The summed E-state index contributed by atoms with van der Waals surface area (Å²) in [6.07, 6.45) is 5.38. The molecule has 0 radical (unpaired) electrons. The molecular weight excluding hydrogens is 339 g/mol. The van der Waals surface area contributed by atoms with E-state index in [9.17, 15) is 9.18 Å². The van der Waals surface area contributed by atoms with Gasteiger partial charge in [0.15, 0.2) is 0 Å². The summed E-state index contributed by atoms with van der Waals surface area (Å²) in [5.41, 5.74) is 1.82. The predicted octanol–water partition coefficient (Wildman–Crippen LogP) is 4.14. The highest BCUT2D eigenvalue weighted by molar-refractivity contribution is 5.94. The van der Waals surface area contributed by atoms with E-state index in [2.05, 4.69) is 29.0 Å². The fourth-order valence-corrected chi connectivity index (χ4v) is 4.74. The highest BCUT2D eigenvalue weighted by Gasteiger charge is 2.41. The van der Waals surface area contributed by atoms with E-state index >= 15 is 0 Å². The van der Waals surface area contributed by atoms with E-state index in [0.29, 0.717) is 24.2 Å². The first-order valence-corrected chi connectivity index (χ1v) is 9.94. The van der Waals surface area contributed by atoms with Gasteiger partial charge in [-0.1, -0.05) is 30.3 Å². The Labute approximate surface area is 160 Å². The summed E-state index contributed by atoms with van der Waals surface area (Å²) in [5, 5.41) is 0. The lowest BCUT2D eigenvalue weighted by Crippen LogP contribution is -2.51. The van der Waals surface area contributed by atoms with Gasteiger partial charge in [-0.3, -0.25) is 4.79 Å². The van der Waals surface area contributed by atoms with Crippen LogP contribution in [0.15, 0.2) is 54.6 Å². The Kier molecular flexibility index (Phi) is 5.26. The summed E-state index contributed by atoms with van der Waals surface area (Å²) in [4.78, 5) is 17.8. The summed E-state index contributed by atoms with van der Waals surface area (Å²) in [6, 6.07) is 17.7. The molecule has 3 nitrogen and oxygen atoms in total. The fraction of sp³-hybridized carbons (Fsp3) is 0.435. The van der Waals surface area contributed by atoms with Gasteiger partial charge in [0.2, 0.25) is 0 Å². The van der Waals surface area contributed by atoms with Crippen molar-refractivity contribution in [2.24, 2.45) is 0 Å². The van der Waals surface area contributed by atoms with Gasteiger partial charge in [0.25, 0.3) is 5.91 Å². The van der Waals surface area contributed by atoms with Gasteiger partial charge >= 0.3 is 0 Å². The molecule has 0 aromatic heterocycles. The second kappa shape index (κ2) is 7.81. The minimum Gasteiger partial charge on any atom is -0.335 e. The first kappa shape index (κ1) is 18.2. The van der Waals surface area contributed by atoms with Crippen LogP contribution in [0.4, 0.5) is 4.39 Å². The molecule has 142 valence electrons. The third-order valence-electron chi connectivity index (χ3n) is 6.35. The number of amides is 1. The number of fused-ring (bicyclic) bond motifs is 2. The van der Waals surface area contributed by atoms with Crippen LogP contribution < -0.4 is 0 Å². The van der Waals surface area contributed by atoms with Gasteiger partial charge in [-0.05, 0) is 69.0 Å². The number of hydrogen-bond acceptors (Lipinski definition) is 2. The molecule has 2 atom stereocenters. The quantitative estimate of drug-likeness (QED) is 0.794. The van der Waals surface area contributed by atoms with E-state index in [4.69, 9.17) is 0 Å². The maximum Gasteiger partial charge on any atom is 0.254 e. The van der Waals surface area contributed by atoms with E-state index in [1.54, 1.807) is 12.1 Å². The number of benzene rings is 2. The first-order chi connectivity index (χ1) is 13.1. The van der Waals surface area contributed by atoms with Crippen LogP contribution in [0.1, 0.15) is 41.6 Å². The molecule has 2 heterocycles. The second-order valence-electron chi connectivity index (χ2n) is 7.92. The zero-order valence-corrected chi connectivity index (χ0v) is 15.9. The fourth-order valence-electron chi connectivity index (χ4n) is 4.74. The van der Waals surface area contributed by atoms with E-state index in [-0.39, 0.29) is 17.8 Å². The zero-order valence-electron chi connectivity index (χ0n) is 15.9. The maximum atomic E-state index is 13.3. The molecule has 2 aliphatic heterocycles. The van der Waals surface area contributed by atoms with Gasteiger partial charge in [0.1, 0.15) is 5.82 Å². The number of halogens is 1. The van der Waals surface area contributed by atoms with Gasteiger partial charge in [-0.25, -0.2) is 4.39 Å². The van der Waals surface area contributed by atoms with E-state index < -0.39 is 0 Å². The predicted molar refractivity (Wildman–Crippen MR) is 105 cm³/mol. The lowest BCUT2D eigenvalue weighted by molar-refractivity contribution is 0.0488. The van der Waals surface area contributed by atoms with Crippen molar-refractivity contribution in [2.75, 3.05) is 13.6 Å². The van der Waals surface area contributed by atoms with Crippen molar-refractivity contribution < 1.29 is 9.18 Å². The van der Waals surface area contributed by atoms with Crippen molar-refractivity contribution in [3.63, 3.8) is 0 Å². The molecule has 2 aromatic rings. The molecule has 2 aliphatic rings. The Morgan fingerprint density at radius 1 is 1.04 bits per heavy atom. The van der Waals surface area contributed by atoms with Crippen molar-refractivity contribution in [3.8, 4) is 0 Å². The number of nitrogens with zero attached hydrogens (tertiary/aromatic N) is 2. The van der Waals surface area contributed by atoms with Crippen LogP contribution >= 0.6 is 0 Å². The molecule has 1 amide bonds. The number of rotatable bonds is 5. The minimum atomic E-state index is -0.306. The van der Waals surface area contributed by atoms with Gasteiger partial charge in [-0.2, -0.15) is 0 Å². The Morgan fingerprint density at radius 2 is 1.67 bits per heavy atom. The van der Waals surface area contributed by atoms with Gasteiger partial charge in [-0.15, -0.1) is 0 Å². The van der Waals surface area contributed by atoms with Crippen LogP contribution in [0.3, 0.4) is 0 Å². The molecule has 2 aromatic carbocycles. The third-order valence-corrected chi connectivity index (χ3v) is 6.35. The molecular formula is C23H27FN2O. The molecule has 0 saturated carbocycles. The molecule has 2 fully saturated rings. The Hall–Kier alpha value is -2.20. The van der Waals surface area contributed by atoms with Crippen LogP contribution in [0.5, 0.6) is 0 Å². The number of carbonyl (C=O) groups excluding carboxylic acids is 1. The van der Waals surface area contributed by atoms with Crippen LogP contribution in [0, 0.1) is 5.82 Å². The van der Waals surface area contributed by atoms with Crippen LogP contribution in [-0.4, -0.2) is 47.4 Å². The van der Waals surface area contributed by atoms with Gasteiger partial charge in [0, 0.05) is 30.2 Å².